The molecule has 2 aromatic rings. The van der Waals surface area contributed by atoms with Crippen molar-refractivity contribution >= 4 is 23.4 Å². The van der Waals surface area contributed by atoms with Crippen LogP contribution in [0.1, 0.15) is 50.8 Å². The van der Waals surface area contributed by atoms with E-state index in [-0.39, 0.29) is 23.8 Å². The van der Waals surface area contributed by atoms with Crippen molar-refractivity contribution in [2.75, 3.05) is 0 Å². The van der Waals surface area contributed by atoms with E-state index in [0.717, 1.165) is 16.7 Å². The van der Waals surface area contributed by atoms with Gasteiger partial charge in [0.15, 0.2) is 0 Å². The van der Waals surface area contributed by atoms with Gasteiger partial charge in [-0.3, -0.25) is 9.59 Å². The highest BCUT2D eigenvalue weighted by molar-refractivity contribution is 6.31. The lowest BCUT2D eigenvalue weighted by Crippen LogP contribution is -2.53. The largest absolute Gasteiger partial charge is 0.350 e. The minimum absolute atomic E-state index is 0.0929. The Labute approximate surface area is 179 Å². The van der Waals surface area contributed by atoms with Crippen molar-refractivity contribution in [2.45, 2.75) is 65.6 Å². The van der Waals surface area contributed by atoms with Gasteiger partial charge in [0.05, 0.1) is 6.42 Å². The number of benzene rings is 2. The van der Waals surface area contributed by atoms with Gasteiger partial charge in [-0.25, -0.2) is 0 Å². The van der Waals surface area contributed by atoms with Crippen molar-refractivity contribution in [3.8, 4) is 0 Å². The topological polar surface area (TPSA) is 49.4 Å². The fourth-order valence-corrected chi connectivity index (χ4v) is 3.36. The molecule has 0 aliphatic heterocycles. The first-order valence-corrected chi connectivity index (χ1v) is 10.4. The summed E-state index contributed by atoms with van der Waals surface area (Å²) >= 11 is 6.35. The molecule has 0 aliphatic rings. The normalized spacial score (nSPS) is 12.3. The molecule has 1 N–H and O–H groups in total. The summed E-state index contributed by atoms with van der Waals surface area (Å²) in [5.41, 5.74) is 2.52. The predicted octanol–water partition coefficient (Wildman–Crippen LogP) is 4.91. The van der Waals surface area contributed by atoms with Gasteiger partial charge in [-0.2, -0.15) is 0 Å². The van der Waals surface area contributed by atoms with Crippen LogP contribution in [-0.2, 0) is 22.6 Å². The van der Waals surface area contributed by atoms with E-state index in [0.29, 0.717) is 18.0 Å². The molecule has 0 bridgehead atoms. The number of hydrogen-bond donors (Lipinski definition) is 1. The molecule has 0 heterocycles. The summed E-state index contributed by atoms with van der Waals surface area (Å²) in [7, 11) is 0. The molecule has 0 aliphatic carbocycles. The Morgan fingerprint density at radius 1 is 1.07 bits per heavy atom. The number of nitrogens with zero attached hydrogens (tertiary/aromatic N) is 1. The van der Waals surface area contributed by atoms with Crippen LogP contribution in [0.5, 0.6) is 0 Å². The van der Waals surface area contributed by atoms with Crippen molar-refractivity contribution in [1.82, 2.24) is 10.2 Å². The third-order valence-corrected chi connectivity index (χ3v) is 5.03. The Bertz CT molecular complexity index is 841. The zero-order valence-corrected chi connectivity index (χ0v) is 18.7. The lowest BCUT2D eigenvalue weighted by molar-refractivity contribution is -0.141. The summed E-state index contributed by atoms with van der Waals surface area (Å²) in [6, 6.07) is 14.8. The fourth-order valence-electron chi connectivity index (χ4n) is 3.16. The van der Waals surface area contributed by atoms with E-state index >= 15 is 0 Å². The molecule has 156 valence electrons. The molecule has 1 unspecified atom stereocenters. The van der Waals surface area contributed by atoms with Crippen molar-refractivity contribution in [1.29, 1.82) is 0 Å². The first kappa shape index (κ1) is 23.0. The molecule has 29 heavy (non-hydrogen) atoms. The molecule has 4 nitrogen and oxygen atoms in total. The molecule has 2 aromatic carbocycles. The highest BCUT2D eigenvalue weighted by atomic mass is 35.5. The lowest BCUT2D eigenvalue weighted by Gasteiger charge is -2.33. The molecule has 0 aromatic heterocycles. The molecule has 0 saturated heterocycles. The standard InChI is InChI=1S/C24H31ClN2O2/c1-6-21(23(29)26-24(3,4)5)27(16-19-9-7-8-10-20(19)25)22(28)15-18-13-11-17(2)12-14-18/h7-14,21H,6,15-16H2,1-5H3,(H,26,29). The van der Waals surface area contributed by atoms with E-state index in [1.165, 1.54) is 0 Å². The van der Waals surface area contributed by atoms with Crippen LogP contribution in [0.4, 0.5) is 0 Å². The number of hydrogen-bond acceptors (Lipinski definition) is 2. The van der Waals surface area contributed by atoms with Gasteiger partial charge in [0, 0.05) is 17.1 Å². The van der Waals surface area contributed by atoms with Gasteiger partial charge >= 0.3 is 0 Å². The molecule has 0 saturated carbocycles. The Morgan fingerprint density at radius 2 is 1.69 bits per heavy atom. The molecule has 2 rings (SSSR count). The minimum Gasteiger partial charge on any atom is -0.350 e. The lowest BCUT2D eigenvalue weighted by atomic mass is 10.0. The third kappa shape index (κ3) is 6.90. The highest BCUT2D eigenvalue weighted by Crippen LogP contribution is 2.21. The maximum atomic E-state index is 13.3. The van der Waals surface area contributed by atoms with Crippen LogP contribution in [0.3, 0.4) is 0 Å². The third-order valence-electron chi connectivity index (χ3n) is 4.66. The number of halogens is 1. The molecule has 0 spiro atoms. The van der Waals surface area contributed by atoms with E-state index in [1.54, 1.807) is 11.0 Å². The molecular weight excluding hydrogens is 384 g/mol. The molecule has 1 atom stereocenters. The van der Waals surface area contributed by atoms with Crippen molar-refractivity contribution in [2.24, 2.45) is 0 Å². The smallest absolute Gasteiger partial charge is 0.243 e. The van der Waals surface area contributed by atoms with Crippen molar-refractivity contribution in [3.63, 3.8) is 0 Å². The first-order chi connectivity index (χ1) is 13.6. The summed E-state index contributed by atoms with van der Waals surface area (Å²) in [6.07, 6.45) is 0.760. The molecule has 0 radical (unpaired) electrons. The number of rotatable bonds is 7. The number of aryl methyl sites for hydroxylation is 1. The maximum absolute atomic E-state index is 13.3. The number of amides is 2. The predicted molar refractivity (Wildman–Crippen MR) is 119 cm³/mol. The Kier molecular flexibility index (Phi) is 7.86. The quantitative estimate of drug-likeness (QED) is 0.699. The van der Waals surface area contributed by atoms with Gasteiger partial charge in [-0.15, -0.1) is 0 Å². The SMILES string of the molecule is CCC(C(=O)NC(C)(C)C)N(Cc1ccccc1Cl)C(=O)Cc1ccc(C)cc1. The van der Waals surface area contributed by atoms with E-state index in [9.17, 15) is 9.59 Å². The summed E-state index contributed by atoms with van der Waals surface area (Å²) in [5, 5.41) is 3.60. The zero-order chi connectivity index (χ0) is 21.6. The summed E-state index contributed by atoms with van der Waals surface area (Å²) in [5.74, 6) is -0.242. The summed E-state index contributed by atoms with van der Waals surface area (Å²) in [4.78, 5) is 27.9. The van der Waals surface area contributed by atoms with Gasteiger partial charge in [0.25, 0.3) is 0 Å². The van der Waals surface area contributed by atoms with E-state index in [2.05, 4.69) is 5.32 Å². The summed E-state index contributed by atoms with van der Waals surface area (Å²) in [6.45, 7) is 10.0. The maximum Gasteiger partial charge on any atom is 0.243 e. The first-order valence-electron chi connectivity index (χ1n) is 10.0. The second kappa shape index (κ2) is 9.93. The highest BCUT2D eigenvalue weighted by Gasteiger charge is 2.30. The molecule has 5 heteroatoms. The Balaban J connectivity index is 2.32. The number of carbonyl (C=O) groups excluding carboxylic acids is 2. The van der Waals surface area contributed by atoms with E-state index in [1.807, 2.05) is 77.1 Å². The van der Waals surface area contributed by atoms with Gasteiger partial charge in [0.1, 0.15) is 6.04 Å². The second-order valence-electron chi connectivity index (χ2n) is 8.44. The fraction of sp³-hybridized carbons (Fsp3) is 0.417. The number of nitrogens with one attached hydrogen (secondary N) is 1. The number of carbonyl (C=O) groups is 2. The van der Waals surface area contributed by atoms with Crippen molar-refractivity contribution < 1.29 is 9.59 Å². The average molecular weight is 415 g/mol. The minimum atomic E-state index is -0.566. The van der Waals surface area contributed by atoms with Gasteiger partial charge in [-0.1, -0.05) is 66.6 Å². The average Bonchev–Trinajstić information content (AvgIpc) is 2.63. The van der Waals surface area contributed by atoms with Crippen LogP contribution in [0.25, 0.3) is 0 Å². The monoisotopic (exact) mass is 414 g/mol. The Morgan fingerprint density at radius 3 is 2.24 bits per heavy atom. The zero-order valence-electron chi connectivity index (χ0n) is 18.0. The Hall–Kier alpha value is -2.33. The van der Waals surface area contributed by atoms with Crippen LogP contribution in [-0.4, -0.2) is 28.3 Å². The molecule has 2 amide bonds. The van der Waals surface area contributed by atoms with Gasteiger partial charge in [0.2, 0.25) is 11.8 Å². The van der Waals surface area contributed by atoms with E-state index < -0.39 is 6.04 Å². The summed E-state index contributed by atoms with van der Waals surface area (Å²) < 4.78 is 0. The van der Waals surface area contributed by atoms with Crippen LogP contribution < -0.4 is 5.32 Å². The van der Waals surface area contributed by atoms with Crippen LogP contribution in [0, 0.1) is 6.92 Å². The van der Waals surface area contributed by atoms with Crippen LogP contribution in [0.2, 0.25) is 5.02 Å². The molecular formula is C24H31ClN2O2. The van der Waals surface area contributed by atoms with Gasteiger partial charge in [-0.05, 0) is 51.3 Å². The van der Waals surface area contributed by atoms with Gasteiger partial charge < -0.3 is 10.2 Å². The second-order valence-corrected chi connectivity index (χ2v) is 8.85. The molecule has 0 fully saturated rings. The van der Waals surface area contributed by atoms with E-state index in [4.69, 9.17) is 11.6 Å². The van der Waals surface area contributed by atoms with Crippen LogP contribution >= 0.6 is 11.6 Å². The van der Waals surface area contributed by atoms with Crippen molar-refractivity contribution in [3.05, 3.63) is 70.2 Å². The van der Waals surface area contributed by atoms with Crippen LogP contribution in [0.15, 0.2) is 48.5 Å².